The van der Waals surface area contributed by atoms with Gasteiger partial charge in [-0.2, -0.15) is 0 Å². The SMILES string of the molecule is CCNC1CCCc2nc(N3CC(C)CC3C)sc21. The van der Waals surface area contributed by atoms with Gasteiger partial charge in [-0.25, -0.2) is 4.98 Å². The number of fused-ring (bicyclic) bond motifs is 1. The third-order valence-corrected chi connectivity index (χ3v) is 5.67. The van der Waals surface area contributed by atoms with Gasteiger partial charge >= 0.3 is 0 Å². The summed E-state index contributed by atoms with van der Waals surface area (Å²) in [6, 6.07) is 1.20. The fraction of sp³-hybridized carbons (Fsp3) is 0.800. The van der Waals surface area contributed by atoms with E-state index in [4.69, 9.17) is 4.98 Å². The van der Waals surface area contributed by atoms with Crippen LogP contribution in [-0.4, -0.2) is 24.1 Å². The second-order valence-electron chi connectivity index (χ2n) is 6.15. The molecular weight excluding hydrogens is 254 g/mol. The lowest BCUT2D eigenvalue weighted by Gasteiger charge is -2.21. The molecule has 3 rings (SSSR count). The van der Waals surface area contributed by atoms with Crippen molar-refractivity contribution >= 4 is 16.5 Å². The highest BCUT2D eigenvalue weighted by molar-refractivity contribution is 7.15. The highest BCUT2D eigenvalue weighted by Gasteiger charge is 2.31. The molecule has 4 heteroatoms. The van der Waals surface area contributed by atoms with Gasteiger partial charge in [0.1, 0.15) is 0 Å². The van der Waals surface area contributed by atoms with Crippen molar-refractivity contribution in [1.29, 1.82) is 0 Å². The topological polar surface area (TPSA) is 28.2 Å². The number of anilines is 1. The number of nitrogens with one attached hydrogen (secondary N) is 1. The maximum absolute atomic E-state index is 4.95. The Kier molecular flexibility index (Phi) is 3.81. The standard InChI is InChI=1S/C15H25N3S/c1-4-16-12-6-5-7-13-14(12)19-15(17-13)18-9-10(2)8-11(18)3/h10-12,16H,4-9H2,1-3H3. The second-order valence-corrected chi connectivity index (χ2v) is 7.16. The van der Waals surface area contributed by atoms with Crippen LogP contribution in [0.1, 0.15) is 56.6 Å². The van der Waals surface area contributed by atoms with Crippen LogP contribution in [-0.2, 0) is 6.42 Å². The molecule has 0 spiro atoms. The fourth-order valence-electron chi connectivity index (χ4n) is 3.54. The monoisotopic (exact) mass is 279 g/mol. The maximum atomic E-state index is 4.95. The lowest BCUT2D eigenvalue weighted by molar-refractivity contribution is 0.476. The van der Waals surface area contributed by atoms with Gasteiger partial charge in [0.05, 0.1) is 5.69 Å². The smallest absolute Gasteiger partial charge is 0.186 e. The number of aryl methyl sites for hydroxylation is 1. The number of hydrogen-bond acceptors (Lipinski definition) is 4. The Labute approximate surface area is 120 Å². The Hall–Kier alpha value is -0.610. The van der Waals surface area contributed by atoms with Crippen LogP contribution < -0.4 is 10.2 Å². The molecule has 1 saturated heterocycles. The van der Waals surface area contributed by atoms with E-state index in [0.29, 0.717) is 12.1 Å². The van der Waals surface area contributed by atoms with Gasteiger partial charge in [0, 0.05) is 23.5 Å². The molecule has 0 aromatic carbocycles. The number of aromatic nitrogens is 1. The van der Waals surface area contributed by atoms with E-state index >= 15 is 0 Å². The summed E-state index contributed by atoms with van der Waals surface area (Å²) in [5.41, 5.74) is 1.36. The number of nitrogens with zero attached hydrogens (tertiary/aromatic N) is 2. The van der Waals surface area contributed by atoms with Crippen molar-refractivity contribution < 1.29 is 0 Å². The fourth-order valence-corrected chi connectivity index (χ4v) is 4.87. The molecule has 0 amide bonds. The van der Waals surface area contributed by atoms with Crippen molar-refractivity contribution in [3.8, 4) is 0 Å². The summed E-state index contributed by atoms with van der Waals surface area (Å²) >= 11 is 1.94. The zero-order valence-corrected chi connectivity index (χ0v) is 13.1. The Morgan fingerprint density at radius 2 is 2.26 bits per heavy atom. The largest absolute Gasteiger partial charge is 0.345 e. The minimum atomic E-state index is 0.551. The molecule has 3 atom stereocenters. The van der Waals surface area contributed by atoms with E-state index in [1.54, 1.807) is 0 Å². The molecule has 1 fully saturated rings. The molecule has 0 saturated carbocycles. The van der Waals surface area contributed by atoms with Crippen molar-refractivity contribution in [2.24, 2.45) is 5.92 Å². The van der Waals surface area contributed by atoms with Crippen molar-refractivity contribution in [2.45, 2.75) is 58.5 Å². The Balaban J connectivity index is 1.85. The van der Waals surface area contributed by atoms with Crippen molar-refractivity contribution in [3.05, 3.63) is 10.6 Å². The molecular formula is C15H25N3S. The van der Waals surface area contributed by atoms with E-state index in [1.165, 1.54) is 47.9 Å². The maximum Gasteiger partial charge on any atom is 0.186 e. The van der Waals surface area contributed by atoms with Gasteiger partial charge in [-0.1, -0.05) is 25.2 Å². The molecule has 0 bridgehead atoms. The molecule has 3 nitrogen and oxygen atoms in total. The molecule has 1 aromatic rings. The first-order chi connectivity index (χ1) is 9.19. The van der Waals surface area contributed by atoms with E-state index in [0.717, 1.165) is 12.5 Å². The van der Waals surface area contributed by atoms with Gasteiger partial charge in [0.15, 0.2) is 5.13 Å². The van der Waals surface area contributed by atoms with Crippen molar-refractivity contribution in [2.75, 3.05) is 18.0 Å². The highest BCUT2D eigenvalue weighted by Crippen LogP contribution is 2.40. The molecule has 106 valence electrons. The second kappa shape index (κ2) is 5.41. The van der Waals surface area contributed by atoms with Crippen LogP contribution in [0.3, 0.4) is 0 Å². The molecule has 1 aliphatic heterocycles. The molecule has 3 unspecified atom stereocenters. The molecule has 1 N–H and O–H groups in total. The zero-order valence-electron chi connectivity index (χ0n) is 12.3. The van der Waals surface area contributed by atoms with Gasteiger partial charge in [0.2, 0.25) is 0 Å². The van der Waals surface area contributed by atoms with Gasteiger partial charge in [-0.3, -0.25) is 0 Å². The van der Waals surface area contributed by atoms with Gasteiger partial charge in [-0.05, 0) is 45.1 Å². The molecule has 2 heterocycles. The van der Waals surface area contributed by atoms with Crippen LogP contribution in [0.5, 0.6) is 0 Å². The minimum Gasteiger partial charge on any atom is -0.345 e. The van der Waals surface area contributed by atoms with Crippen LogP contribution >= 0.6 is 11.3 Å². The van der Waals surface area contributed by atoms with Gasteiger partial charge in [-0.15, -0.1) is 0 Å². The Morgan fingerprint density at radius 1 is 1.42 bits per heavy atom. The summed E-state index contributed by atoms with van der Waals surface area (Å²) in [4.78, 5) is 8.99. The normalized spacial score (nSPS) is 30.7. The van der Waals surface area contributed by atoms with E-state index in [2.05, 4.69) is 31.0 Å². The first-order valence-electron chi connectivity index (χ1n) is 7.68. The number of hydrogen-bond donors (Lipinski definition) is 1. The first-order valence-corrected chi connectivity index (χ1v) is 8.50. The molecule has 1 aromatic heterocycles. The summed E-state index contributed by atoms with van der Waals surface area (Å²) in [5.74, 6) is 0.806. The predicted molar refractivity (Wildman–Crippen MR) is 82.1 cm³/mol. The van der Waals surface area contributed by atoms with Crippen molar-refractivity contribution in [1.82, 2.24) is 10.3 Å². The van der Waals surface area contributed by atoms with E-state index < -0.39 is 0 Å². The average molecular weight is 279 g/mol. The molecule has 2 aliphatic rings. The van der Waals surface area contributed by atoms with Crippen LogP contribution in [0.15, 0.2) is 0 Å². The third-order valence-electron chi connectivity index (χ3n) is 4.42. The molecule has 19 heavy (non-hydrogen) atoms. The number of rotatable bonds is 3. The summed E-state index contributed by atoms with van der Waals surface area (Å²) in [6.07, 6.45) is 5.03. The van der Waals surface area contributed by atoms with E-state index in [9.17, 15) is 0 Å². The minimum absolute atomic E-state index is 0.551. The van der Waals surface area contributed by atoms with Crippen molar-refractivity contribution in [3.63, 3.8) is 0 Å². The summed E-state index contributed by atoms with van der Waals surface area (Å²) in [6.45, 7) is 9.12. The van der Waals surface area contributed by atoms with Crippen LogP contribution in [0.2, 0.25) is 0 Å². The predicted octanol–water partition coefficient (Wildman–Crippen LogP) is 3.36. The van der Waals surface area contributed by atoms with Gasteiger partial charge in [0.25, 0.3) is 0 Å². The van der Waals surface area contributed by atoms with Gasteiger partial charge < -0.3 is 10.2 Å². The summed E-state index contributed by atoms with van der Waals surface area (Å²) in [5, 5.41) is 4.89. The molecule has 1 aliphatic carbocycles. The number of thiazole rings is 1. The van der Waals surface area contributed by atoms with E-state index in [1.807, 2.05) is 11.3 Å². The lowest BCUT2D eigenvalue weighted by Crippen LogP contribution is -2.26. The first kappa shape index (κ1) is 13.4. The quantitative estimate of drug-likeness (QED) is 0.919. The third kappa shape index (κ3) is 2.52. The van der Waals surface area contributed by atoms with Crippen LogP contribution in [0, 0.1) is 5.92 Å². The van der Waals surface area contributed by atoms with Crippen LogP contribution in [0.25, 0.3) is 0 Å². The Morgan fingerprint density at radius 3 is 2.95 bits per heavy atom. The lowest BCUT2D eigenvalue weighted by atomic mass is 9.98. The molecule has 0 radical (unpaired) electrons. The summed E-state index contributed by atoms with van der Waals surface area (Å²) in [7, 11) is 0. The Bertz CT molecular complexity index is 443. The average Bonchev–Trinajstić information content (AvgIpc) is 2.93. The zero-order chi connectivity index (χ0) is 13.4. The van der Waals surface area contributed by atoms with E-state index in [-0.39, 0.29) is 0 Å². The highest BCUT2D eigenvalue weighted by atomic mass is 32.1. The van der Waals surface area contributed by atoms with Crippen LogP contribution in [0.4, 0.5) is 5.13 Å². The summed E-state index contributed by atoms with van der Waals surface area (Å²) < 4.78 is 0.